The van der Waals surface area contributed by atoms with Crippen molar-refractivity contribution in [1.29, 1.82) is 0 Å². The standard InChI is InChI=1S/C39H74O5/c1-3-5-7-9-11-13-15-16-17-18-19-20-21-22-24-26-28-30-32-34-39(42)44-37(35-40)36-43-38(41)33-31-29-27-25-23-14-12-10-8-6-4-2/h16-17,37,40H,3-15,18-36H2,1-2H3/b17-16-. The first-order valence-electron chi connectivity index (χ1n) is 19.2. The van der Waals surface area contributed by atoms with Crippen LogP contribution in [0.3, 0.4) is 0 Å². The van der Waals surface area contributed by atoms with Crippen LogP contribution in [0.25, 0.3) is 0 Å². The van der Waals surface area contributed by atoms with E-state index in [0.29, 0.717) is 12.8 Å². The van der Waals surface area contributed by atoms with Crippen LogP contribution in [0.1, 0.15) is 206 Å². The highest BCUT2D eigenvalue weighted by atomic mass is 16.6. The minimum atomic E-state index is -0.764. The lowest BCUT2D eigenvalue weighted by Crippen LogP contribution is -2.28. The highest BCUT2D eigenvalue weighted by molar-refractivity contribution is 5.70. The van der Waals surface area contributed by atoms with E-state index in [-0.39, 0.29) is 25.2 Å². The van der Waals surface area contributed by atoms with E-state index in [1.54, 1.807) is 0 Å². The predicted octanol–water partition coefficient (Wildman–Crippen LogP) is 11.7. The van der Waals surface area contributed by atoms with Gasteiger partial charge in [-0.25, -0.2) is 0 Å². The molecule has 0 aliphatic heterocycles. The summed E-state index contributed by atoms with van der Waals surface area (Å²) in [5, 5.41) is 9.53. The third-order valence-electron chi connectivity index (χ3n) is 8.56. The molecule has 5 heteroatoms. The maximum absolute atomic E-state index is 12.1. The van der Waals surface area contributed by atoms with Crippen molar-refractivity contribution in [1.82, 2.24) is 0 Å². The molecule has 5 nitrogen and oxygen atoms in total. The number of carbonyl (C=O) groups excluding carboxylic acids is 2. The zero-order valence-corrected chi connectivity index (χ0v) is 29.4. The van der Waals surface area contributed by atoms with Gasteiger partial charge < -0.3 is 14.6 Å². The van der Waals surface area contributed by atoms with Gasteiger partial charge in [0.1, 0.15) is 6.61 Å². The highest BCUT2D eigenvalue weighted by Gasteiger charge is 2.16. The van der Waals surface area contributed by atoms with Gasteiger partial charge in [-0.3, -0.25) is 9.59 Å². The second-order valence-electron chi connectivity index (χ2n) is 13.0. The summed E-state index contributed by atoms with van der Waals surface area (Å²) in [5.74, 6) is -0.586. The van der Waals surface area contributed by atoms with E-state index in [0.717, 1.165) is 38.5 Å². The fraction of sp³-hybridized carbons (Fsp3) is 0.897. The van der Waals surface area contributed by atoms with E-state index in [1.807, 2.05) is 0 Å². The van der Waals surface area contributed by atoms with Crippen LogP contribution in [-0.4, -0.2) is 36.4 Å². The summed E-state index contributed by atoms with van der Waals surface area (Å²) in [7, 11) is 0. The lowest BCUT2D eigenvalue weighted by Gasteiger charge is -2.15. The average molecular weight is 623 g/mol. The first-order chi connectivity index (χ1) is 21.6. The van der Waals surface area contributed by atoms with Gasteiger partial charge in [0.15, 0.2) is 6.10 Å². The van der Waals surface area contributed by atoms with Crippen LogP contribution in [0.2, 0.25) is 0 Å². The number of aliphatic hydroxyl groups excluding tert-OH is 1. The van der Waals surface area contributed by atoms with Gasteiger partial charge in [0, 0.05) is 12.8 Å². The van der Waals surface area contributed by atoms with Gasteiger partial charge in [0.2, 0.25) is 0 Å². The number of ether oxygens (including phenoxy) is 2. The zero-order chi connectivity index (χ0) is 32.2. The van der Waals surface area contributed by atoms with Crippen molar-refractivity contribution >= 4 is 11.9 Å². The molecule has 0 bridgehead atoms. The number of esters is 2. The predicted molar refractivity (Wildman–Crippen MR) is 187 cm³/mol. The monoisotopic (exact) mass is 623 g/mol. The van der Waals surface area contributed by atoms with Crippen LogP contribution in [0.15, 0.2) is 12.2 Å². The van der Waals surface area contributed by atoms with Crippen LogP contribution in [-0.2, 0) is 19.1 Å². The molecule has 0 amide bonds. The summed E-state index contributed by atoms with van der Waals surface area (Å²) in [6, 6.07) is 0. The van der Waals surface area contributed by atoms with Gasteiger partial charge in [0.05, 0.1) is 6.61 Å². The first kappa shape index (κ1) is 42.6. The average Bonchev–Trinajstić information content (AvgIpc) is 3.02. The molecule has 0 radical (unpaired) electrons. The van der Waals surface area contributed by atoms with Crippen LogP contribution >= 0.6 is 0 Å². The molecule has 0 aromatic rings. The third-order valence-corrected chi connectivity index (χ3v) is 8.56. The van der Waals surface area contributed by atoms with E-state index in [2.05, 4.69) is 26.0 Å². The van der Waals surface area contributed by atoms with Crippen molar-refractivity contribution in [3.8, 4) is 0 Å². The molecule has 44 heavy (non-hydrogen) atoms. The van der Waals surface area contributed by atoms with Crippen molar-refractivity contribution in [3.05, 3.63) is 12.2 Å². The molecular weight excluding hydrogens is 548 g/mol. The topological polar surface area (TPSA) is 72.8 Å². The number of carbonyl (C=O) groups is 2. The van der Waals surface area contributed by atoms with Gasteiger partial charge in [-0.05, 0) is 38.5 Å². The Bertz CT molecular complexity index is 632. The van der Waals surface area contributed by atoms with Crippen LogP contribution in [0.4, 0.5) is 0 Å². The van der Waals surface area contributed by atoms with Gasteiger partial charge >= 0.3 is 11.9 Å². The summed E-state index contributed by atoms with van der Waals surface area (Å²) in [4.78, 5) is 24.2. The summed E-state index contributed by atoms with van der Waals surface area (Å²) < 4.78 is 10.6. The summed E-state index contributed by atoms with van der Waals surface area (Å²) in [6.07, 6.45) is 39.8. The van der Waals surface area contributed by atoms with Gasteiger partial charge in [-0.1, -0.05) is 167 Å². The second kappa shape index (κ2) is 36.1. The maximum atomic E-state index is 12.1. The first-order valence-corrected chi connectivity index (χ1v) is 19.2. The van der Waals surface area contributed by atoms with Crippen molar-refractivity contribution < 1.29 is 24.2 Å². The molecule has 260 valence electrons. The molecule has 0 aliphatic rings. The van der Waals surface area contributed by atoms with Crippen LogP contribution < -0.4 is 0 Å². The lowest BCUT2D eigenvalue weighted by molar-refractivity contribution is -0.161. The number of aliphatic hydroxyl groups is 1. The molecule has 0 saturated heterocycles. The number of hydrogen-bond donors (Lipinski definition) is 1. The van der Waals surface area contributed by atoms with E-state index in [1.165, 1.54) is 141 Å². The molecule has 0 rings (SSSR count). The van der Waals surface area contributed by atoms with E-state index in [9.17, 15) is 14.7 Å². The Labute approximate surface area is 273 Å². The molecule has 0 spiro atoms. The smallest absolute Gasteiger partial charge is 0.306 e. The van der Waals surface area contributed by atoms with E-state index in [4.69, 9.17) is 9.47 Å². The fourth-order valence-corrected chi connectivity index (χ4v) is 5.61. The zero-order valence-electron chi connectivity index (χ0n) is 29.4. The normalized spacial score (nSPS) is 12.2. The van der Waals surface area contributed by atoms with Crippen molar-refractivity contribution in [3.63, 3.8) is 0 Å². The van der Waals surface area contributed by atoms with Crippen molar-refractivity contribution in [2.75, 3.05) is 13.2 Å². The van der Waals surface area contributed by atoms with Gasteiger partial charge in [-0.15, -0.1) is 0 Å². The molecule has 0 heterocycles. The second-order valence-corrected chi connectivity index (χ2v) is 13.0. The Hall–Kier alpha value is -1.36. The molecule has 0 saturated carbocycles. The molecule has 0 fully saturated rings. The van der Waals surface area contributed by atoms with Gasteiger partial charge in [0.25, 0.3) is 0 Å². The van der Waals surface area contributed by atoms with Crippen molar-refractivity contribution in [2.24, 2.45) is 0 Å². The number of allylic oxidation sites excluding steroid dienone is 2. The Morgan fingerprint density at radius 2 is 0.841 bits per heavy atom. The number of unbranched alkanes of at least 4 members (excludes halogenated alkanes) is 25. The Balaban J connectivity index is 3.51. The Morgan fingerprint density at radius 1 is 0.500 bits per heavy atom. The molecule has 1 atom stereocenters. The molecule has 0 aromatic carbocycles. The summed E-state index contributed by atoms with van der Waals surface area (Å²) >= 11 is 0. The Morgan fingerprint density at radius 3 is 1.23 bits per heavy atom. The minimum absolute atomic E-state index is 0.0609. The quantitative estimate of drug-likeness (QED) is 0.0432. The largest absolute Gasteiger partial charge is 0.462 e. The molecule has 0 aliphatic carbocycles. The maximum Gasteiger partial charge on any atom is 0.306 e. The SMILES string of the molecule is CCCCCCCC/C=C\CCCCCCCCCCCC(=O)OC(CO)COC(=O)CCCCCCCCCCCCC. The molecule has 1 N–H and O–H groups in total. The molecular formula is C39H74O5. The van der Waals surface area contributed by atoms with Gasteiger partial charge in [-0.2, -0.15) is 0 Å². The molecule has 0 aromatic heterocycles. The minimum Gasteiger partial charge on any atom is -0.462 e. The lowest BCUT2D eigenvalue weighted by atomic mass is 10.1. The molecule has 1 unspecified atom stereocenters. The summed E-state index contributed by atoms with van der Waals surface area (Å²) in [5.41, 5.74) is 0. The van der Waals surface area contributed by atoms with Crippen LogP contribution in [0, 0.1) is 0 Å². The summed E-state index contributed by atoms with van der Waals surface area (Å²) in [6.45, 7) is 4.13. The van der Waals surface area contributed by atoms with E-state index >= 15 is 0 Å². The highest BCUT2D eigenvalue weighted by Crippen LogP contribution is 2.14. The van der Waals surface area contributed by atoms with Crippen molar-refractivity contribution in [2.45, 2.75) is 213 Å². The third kappa shape index (κ3) is 33.5. The Kier molecular flexibility index (Phi) is 35.0. The number of rotatable bonds is 35. The van der Waals surface area contributed by atoms with Crippen LogP contribution in [0.5, 0.6) is 0 Å². The fourth-order valence-electron chi connectivity index (χ4n) is 5.61. The van der Waals surface area contributed by atoms with E-state index < -0.39 is 6.10 Å². The number of hydrogen-bond acceptors (Lipinski definition) is 5.